The lowest BCUT2D eigenvalue weighted by molar-refractivity contribution is 0.0696. The second-order valence-electron chi connectivity index (χ2n) is 6.35. The van der Waals surface area contributed by atoms with E-state index in [4.69, 9.17) is 16.3 Å². The first-order valence-electron chi connectivity index (χ1n) is 8.54. The van der Waals surface area contributed by atoms with Gasteiger partial charge in [0.05, 0.1) is 16.8 Å². The van der Waals surface area contributed by atoms with Gasteiger partial charge >= 0.3 is 5.97 Å². The molecule has 0 amide bonds. The van der Waals surface area contributed by atoms with Gasteiger partial charge in [0, 0.05) is 10.6 Å². The number of rotatable bonds is 5. The van der Waals surface area contributed by atoms with Crippen LogP contribution < -0.4 is 4.74 Å². The third kappa shape index (κ3) is 3.74. The first-order chi connectivity index (χ1) is 13.8. The van der Waals surface area contributed by atoms with E-state index in [0.717, 1.165) is 11.6 Å². The Hall–Kier alpha value is -3.16. The van der Waals surface area contributed by atoms with E-state index in [-0.39, 0.29) is 34.1 Å². The number of nitrogens with zero attached hydrogens (tertiary/aromatic N) is 1. The number of carboxylic acid groups (broad SMARTS) is 1. The number of sulfonamides is 1. The van der Waals surface area contributed by atoms with Gasteiger partial charge in [-0.15, -0.1) is 0 Å². The van der Waals surface area contributed by atoms with Crippen LogP contribution in [-0.4, -0.2) is 25.2 Å². The molecule has 1 heterocycles. The molecule has 6 nitrogen and oxygen atoms in total. The van der Waals surface area contributed by atoms with Gasteiger partial charge in [-0.3, -0.25) is 0 Å². The van der Waals surface area contributed by atoms with Gasteiger partial charge in [0.15, 0.2) is 0 Å². The Morgan fingerprint density at radius 2 is 1.72 bits per heavy atom. The molecule has 0 saturated heterocycles. The molecule has 0 atom stereocenters. The van der Waals surface area contributed by atoms with Crippen LogP contribution in [0, 0.1) is 0 Å². The van der Waals surface area contributed by atoms with E-state index in [9.17, 15) is 18.3 Å². The number of hydrogen-bond donors (Lipinski definition) is 1. The first-order valence-corrected chi connectivity index (χ1v) is 10.4. The molecule has 0 radical (unpaired) electrons. The van der Waals surface area contributed by atoms with E-state index in [1.54, 1.807) is 24.3 Å². The van der Waals surface area contributed by atoms with Crippen molar-refractivity contribution < 1.29 is 23.1 Å². The Morgan fingerprint density at radius 1 is 1.03 bits per heavy atom. The van der Waals surface area contributed by atoms with Crippen LogP contribution in [0.5, 0.6) is 5.75 Å². The summed E-state index contributed by atoms with van der Waals surface area (Å²) in [5, 5.41) is 9.90. The molecule has 1 N–H and O–H groups in total. The topological polar surface area (TPSA) is 93.0 Å². The van der Waals surface area contributed by atoms with E-state index in [1.807, 2.05) is 30.3 Å². The van der Waals surface area contributed by atoms with E-state index in [1.165, 1.54) is 6.07 Å². The van der Waals surface area contributed by atoms with Gasteiger partial charge in [-0.1, -0.05) is 54.1 Å². The average Bonchev–Trinajstić information content (AvgIpc) is 2.98. The quantitative estimate of drug-likeness (QED) is 0.660. The Morgan fingerprint density at radius 3 is 2.38 bits per heavy atom. The maximum atomic E-state index is 12.6. The Balaban J connectivity index is 1.86. The number of aromatic carboxylic acids is 1. The van der Waals surface area contributed by atoms with Crippen LogP contribution in [0.25, 0.3) is 0 Å². The summed E-state index contributed by atoms with van der Waals surface area (Å²) in [7, 11) is -4.06. The monoisotopic (exact) mass is 427 g/mol. The van der Waals surface area contributed by atoms with Crippen molar-refractivity contribution in [2.75, 3.05) is 0 Å². The van der Waals surface area contributed by atoms with Crippen LogP contribution in [0.3, 0.4) is 0 Å². The highest BCUT2D eigenvalue weighted by Gasteiger charge is 2.34. The molecular formula is C21H14ClNO5S. The zero-order chi connectivity index (χ0) is 20.6. The first kappa shape index (κ1) is 19.2. The van der Waals surface area contributed by atoms with Gasteiger partial charge < -0.3 is 9.84 Å². The Labute approximate surface area is 172 Å². The van der Waals surface area contributed by atoms with Crippen LogP contribution in [0.2, 0.25) is 5.02 Å². The molecule has 0 fully saturated rings. The molecule has 0 unspecified atom stereocenters. The third-order valence-corrected chi connectivity index (χ3v) is 5.95. The predicted molar refractivity (Wildman–Crippen MR) is 108 cm³/mol. The van der Waals surface area contributed by atoms with Gasteiger partial charge in [-0.25, -0.2) is 4.79 Å². The molecule has 0 aliphatic carbocycles. The highest BCUT2D eigenvalue weighted by atomic mass is 35.5. The number of fused-ring (bicyclic) bond motifs is 1. The minimum Gasteiger partial charge on any atom is -0.488 e. The summed E-state index contributed by atoms with van der Waals surface area (Å²) in [6.45, 7) is 0.143. The largest absolute Gasteiger partial charge is 0.488 e. The third-order valence-electron chi connectivity index (χ3n) is 4.39. The van der Waals surface area contributed by atoms with Crippen LogP contribution in [-0.2, 0) is 16.6 Å². The van der Waals surface area contributed by atoms with Crippen LogP contribution in [0.1, 0.15) is 27.0 Å². The summed E-state index contributed by atoms with van der Waals surface area (Å²) in [5.74, 6) is -1.12. The lowest BCUT2D eigenvalue weighted by atomic mass is 10.00. The van der Waals surface area contributed by atoms with Crippen molar-refractivity contribution in [3.05, 3.63) is 94.0 Å². The number of carboxylic acids is 1. The van der Waals surface area contributed by atoms with Crippen molar-refractivity contribution in [1.82, 2.24) is 0 Å². The number of hydrogen-bond acceptors (Lipinski definition) is 4. The second kappa shape index (κ2) is 7.35. The molecule has 1 aliphatic rings. The SMILES string of the molecule is O=C(O)c1cc(OCc2ccccc2)c2c(c1)S(=O)(=O)N=C2c1ccc(Cl)cc1. The van der Waals surface area contributed by atoms with Crippen molar-refractivity contribution in [2.24, 2.45) is 4.40 Å². The van der Waals surface area contributed by atoms with E-state index in [2.05, 4.69) is 4.40 Å². The Bertz CT molecular complexity index is 1240. The normalized spacial score (nSPS) is 14.2. The molecule has 4 rings (SSSR count). The molecule has 0 saturated carbocycles. The highest BCUT2D eigenvalue weighted by molar-refractivity contribution is 7.90. The zero-order valence-electron chi connectivity index (χ0n) is 14.9. The maximum Gasteiger partial charge on any atom is 0.335 e. The average molecular weight is 428 g/mol. The van der Waals surface area contributed by atoms with Gasteiger partial charge in [0.2, 0.25) is 0 Å². The minimum absolute atomic E-state index is 0.138. The summed E-state index contributed by atoms with van der Waals surface area (Å²) >= 11 is 5.93. The summed E-state index contributed by atoms with van der Waals surface area (Å²) in [4.78, 5) is 11.3. The molecule has 3 aromatic carbocycles. The van der Waals surface area contributed by atoms with Crippen molar-refractivity contribution in [1.29, 1.82) is 0 Å². The van der Waals surface area contributed by atoms with E-state index in [0.29, 0.717) is 10.6 Å². The smallest absolute Gasteiger partial charge is 0.335 e. The minimum atomic E-state index is -4.06. The Kier molecular flexibility index (Phi) is 4.86. The molecule has 146 valence electrons. The fourth-order valence-electron chi connectivity index (χ4n) is 3.02. The van der Waals surface area contributed by atoms with Crippen LogP contribution in [0.15, 0.2) is 76.0 Å². The van der Waals surface area contributed by atoms with E-state index >= 15 is 0 Å². The molecular weight excluding hydrogens is 414 g/mol. The van der Waals surface area contributed by atoms with E-state index < -0.39 is 16.0 Å². The van der Waals surface area contributed by atoms with Crippen molar-refractivity contribution >= 4 is 33.3 Å². The van der Waals surface area contributed by atoms with Gasteiger partial charge in [0.25, 0.3) is 10.0 Å². The standard InChI is InChI=1S/C21H14ClNO5S/c22-16-8-6-14(7-9-16)20-19-17(28-12-13-4-2-1-3-5-13)10-15(21(24)25)11-18(19)29(26,27)23-20/h1-11H,12H2,(H,24,25). The lowest BCUT2D eigenvalue weighted by Crippen LogP contribution is -2.08. The zero-order valence-corrected chi connectivity index (χ0v) is 16.4. The molecule has 0 aromatic heterocycles. The number of carbonyl (C=O) groups is 1. The molecule has 29 heavy (non-hydrogen) atoms. The van der Waals surface area contributed by atoms with Crippen LogP contribution >= 0.6 is 11.6 Å². The molecule has 0 spiro atoms. The highest BCUT2D eigenvalue weighted by Crippen LogP contribution is 2.37. The van der Waals surface area contributed by atoms with Gasteiger partial charge in [-0.05, 0) is 29.8 Å². The number of halogens is 1. The summed E-state index contributed by atoms with van der Waals surface area (Å²) in [6.07, 6.45) is 0. The molecule has 3 aromatic rings. The summed E-state index contributed by atoms with van der Waals surface area (Å²) < 4.78 is 35.0. The maximum absolute atomic E-state index is 12.6. The second-order valence-corrected chi connectivity index (χ2v) is 8.36. The fourth-order valence-corrected chi connectivity index (χ4v) is 4.41. The molecule has 8 heteroatoms. The molecule has 1 aliphatic heterocycles. The lowest BCUT2D eigenvalue weighted by Gasteiger charge is -2.13. The summed E-state index contributed by atoms with van der Waals surface area (Å²) in [6, 6.07) is 18.2. The predicted octanol–water partition coefficient (Wildman–Crippen LogP) is 4.16. The summed E-state index contributed by atoms with van der Waals surface area (Å²) in [5.41, 5.74) is 1.63. The van der Waals surface area contributed by atoms with Crippen molar-refractivity contribution in [3.8, 4) is 5.75 Å². The fraction of sp³-hybridized carbons (Fsp3) is 0.0476. The number of ether oxygens (including phenoxy) is 1. The molecule has 0 bridgehead atoms. The van der Waals surface area contributed by atoms with Crippen molar-refractivity contribution in [3.63, 3.8) is 0 Å². The number of benzene rings is 3. The van der Waals surface area contributed by atoms with Crippen LogP contribution in [0.4, 0.5) is 0 Å². The van der Waals surface area contributed by atoms with Crippen molar-refractivity contribution in [2.45, 2.75) is 11.5 Å². The van der Waals surface area contributed by atoms with Gasteiger partial charge in [-0.2, -0.15) is 12.8 Å². The van der Waals surface area contributed by atoms with Gasteiger partial charge in [0.1, 0.15) is 17.3 Å².